The minimum atomic E-state index is -4.96. The van der Waals surface area contributed by atoms with Gasteiger partial charge in [0.25, 0.3) is 0 Å². The number of alkyl halides is 6. The molecule has 0 bridgehead atoms. The van der Waals surface area contributed by atoms with Crippen molar-refractivity contribution < 1.29 is 31.1 Å². The summed E-state index contributed by atoms with van der Waals surface area (Å²) in [5, 5.41) is 3.21. The fourth-order valence-corrected chi connectivity index (χ4v) is 4.65. The van der Waals surface area contributed by atoms with Crippen LogP contribution in [0, 0.1) is 11.3 Å². The Bertz CT molecular complexity index is 914. The molecule has 2 heterocycles. The van der Waals surface area contributed by atoms with Crippen LogP contribution in [0.1, 0.15) is 49.8 Å². The van der Waals surface area contributed by atoms with E-state index in [4.69, 9.17) is 0 Å². The molecule has 1 aromatic rings. The summed E-state index contributed by atoms with van der Waals surface area (Å²) in [4.78, 5) is 23.4. The summed E-state index contributed by atoms with van der Waals surface area (Å²) in [7, 11) is 0. The molecule has 0 aliphatic carbocycles. The number of carbonyl (C=O) groups excluding carboxylic acids is 1. The number of aliphatic imine (C=N–C) groups is 2. The molecule has 1 N–H and O–H groups in total. The summed E-state index contributed by atoms with van der Waals surface area (Å²) in [5.41, 5.74) is -3.80. The van der Waals surface area contributed by atoms with Crippen LogP contribution >= 0.6 is 0 Å². The highest BCUT2D eigenvalue weighted by Crippen LogP contribution is 2.40. The average molecular weight is 490 g/mol. The van der Waals surface area contributed by atoms with Crippen LogP contribution in [0.3, 0.4) is 0 Å². The Labute approximate surface area is 194 Å². The average Bonchev–Trinajstić information content (AvgIpc) is 3.24. The van der Waals surface area contributed by atoms with Crippen LogP contribution < -0.4 is 5.32 Å². The topological polar surface area (TPSA) is 57.1 Å². The van der Waals surface area contributed by atoms with Crippen molar-refractivity contribution in [2.24, 2.45) is 21.3 Å². The first-order valence-electron chi connectivity index (χ1n) is 11.1. The molecule has 0 unspecified atom stereocenters. The lowest BCUT2D eigenvalue weighted by Crippen LogP contribution is -2.50. The Morgan fingerprint density at radius 1 is 1.03 bits per heavy atom. The Balaban J connectivity index is 2.01. The second-order valence-electron chi connectivity index (χ2n) is 9.27. The third kappa shape index (κ3) is 6.37. The Kier molecular flexibility index (Phi) is 7.74. The first-order valence-corrected chi connectivity index (χ1v) is 11.1. The Hall–Kier alpha value is -2.43. The van der Waals surface area contributed by atoms with Gasteiger partial charge in [-0.25, -0.2) is 4.99 Å². The molecule has 3 rings (SSSR count). The number of nitrogens with zero attached hydrogens (tertiary/aromatic N) is 3. The third-order valence-corrected chi connectivity index (χ3v) is 6.05. The van der Waals surface area contributed by atoms with Gasteiger partial charge in [-0.2, -0.15) is 26.3 Å². The van der Waals surface area contributed by atoms with Crippen LogP contribution in [-0.4, -0.2) is 49.0 Å². The van der Waals surface area contributed by atoms with Crippen LogP contribution in [0.15, 0.2) is 28.2 Å². The number of benzene rings is 1. The molecule has 1 amide bonds. The highest BCUT2D eigenvalue weighted by molar-refractivity contribution is 5.98. The minimum absolute atomic E-state index is 0.0831. The molecule has 0 aromatic heterocycles. The van der Waals surface area contributed by atoms with E-state index < -0.39 is 35.4 Å². The maximum atomic E-state index is 13.9. The standard InChI is InChI=1S/C23H28F6N4O/c1-15(2)12-21(3-5-30-6-4-21)20(34)33(14-19-31-7-8-32-19)13-16-9-17(22(24,25)26)11-18(10-16)23(27,28)29/h7,9-11,15,30H,3-6,8,12-14H2,1-2H3. The summed E-state index contributed by atoms with van der Waals surface area (Å²) in [6.07, 6.45) is -6.74. The molecule has 1 fully saturated rings. The van der Waals surface area contributed by atoms with E-state index in [1.54, 1.807) is 6.21 Å². The zero-order valence-electron chi connectivity index (χ0n) is 19.1. The lowest BCUT2D eigenvalue weighted by Gasteiger charge is -2.41. The van der Waals surface area contributed by atoms with Crippen LogP contribution in [0.2, 0.25) is 0 Å². The SMILES string of the molecule is CC(C)CC1(C(=O)N(CC2=NCC=N2)Cc2cc(C(F)(F)F)cc(C(F)(F)F)c2)CCNCC1. The number of hydrogen-bond donors (Lipinski definition) is 1. The molecule has 0 radical (unpaired) electrons. The number of piperidine rings is 1. The minimum Gasteiger partial charge on any atom is -0.330 e. The molecule has 2 aliphatic rings. The van der Waals surface area contributed by atoms with Crippen molar-refractivity contribution in [3.8, 4) is 0 Å². The van der Waals surface area contributed by atoms with Gasteiger partial charge in [0.2, 0.25) is 5.91 Å². The number of amides is 1. The second-order valence-corrected chi connectivity index (χ2v) is 9.27. The van der Waals surface area contributed by atoms with Crippen LogP contribution in [0.5, 0.6) is 0 Å². The number of amidine groups is 1. The van der Waals surface area contributed by atoms with Gasteiger partial charge in [-0.3, -0.25) is 9.79 Å². The second kappa shape index (κ2) is 10.1. The number of nitrogens with one attached hydrogen (secondary N) is 1. The third-order valence-electron chi connectivity index (χ3n) is 6.05. The van der Waals surface area contributed by atoms with Gasteiger partial charge in [0.1, 0.15) is 5.84 Å². The van der Waals surface area contributed by atoms with E-state index in [0.717, 1.165) is 0 Å². The number of rotatable bonds is 7. The number of carbonyl (C=O) groups is 1. The summed E-state index contributed by atoms with van der Waals surface area (Å²) in [6.45, 7) is 5.00. The molecule has 5 nitrogen and oxygen atoms in total. The van der Waals surface area contributed by atoms with Crippen molar-refractivity contribution in [1.29, 1.82) is 0 Å². The molecular weight excluding hydrogens is 462 g/mol. The maximum Gasteiger partial charge on any atom is 0.416 e. The Morgan fingerprint density at radius 2 is 1.62 bits per heavy atom. The molecule has 1 aromatic carbocycles. The van der Waals surface area contributed by atoms with Gasteiger partial charge in [0.15, 0.2) is 0 Å². The summed E-state index contributed by atoms with van der Waals surface area (Å²) >= 11 is 0. The first-order chi connectivity index (χ1) is 15.8. The summed E-state index contributed by atoms with van der Waals surface area (Å²) in [6, 6.07) is 1.44. The van der Waals surface area contributed by atoms with Crippen molar-refractivity contribution in [3.63, 3.8) is 0 Å². The van der Waals surface area contributed by atoms with Gasteiger partial charge in [-0.15, -0.1) is 0 Å². The van der Waals surface area contributed by atoms with Gasteiger partial charge in [-0.1, -0.05) is 13.8 Å². The molecule has 11 heteroatoms. The van der Waals surface area contributed by atoms with Gasteiger partial charge < -0.3 is 10.2 Å². The maximum absolute atomic E-state index is 13.9. The van der Waals surface area contributed by atoms with Crippen LogP contribution in [-0.2, 0) is 23.7 Å². The first kappa shape index (κ1) is 26.2. The van der Waals surface area contributed by atoms with Crippen molar-refractivity contribution in [1.82, 2.24) is 10.2 Å². The molecule has 2 aliphatic heterocycles. The van der Waals surface area contributed by atoms with Crippen LogP contribution in [0.25, 0.3) is 0 Å². The van der Waals surface area contributed by atoms with E-state index in [1.165, 1.54) is 4.90 Å². The van der Waals surface area contributed by atoms with E-state index in [2.05, 4.69) is 15.3 Å². The van der Waals surface area contributed by atoms with E-state index in [0.29, 0.717) is 56.9 Å². The lowest BCUT2D eigenvalue weighted by atomic mass is 9.72. The highest BCUT2D eigenvalue weighted by Gasteiger charge is 2.43. The molecule has 0 spiro atoms. The normalized spacial score (nSPS) is 18.3. The van der Waals surface area contributed by atoms with Gasteiger partial charge >= 0.3 is 12.4 Å². The highest BCUT2D eigenvalue weighted by atomic mass is 19.4. The zero-order valence-corrected chi connectivity index (χ0v) is 19.1. The molecule has 34 heavy (non-hydrogen) atoms. The Morgan fingerprint density at radius 3 is 2.09 bits per heavy atom. The lowest BCUT2D eigenvalue weighted by molar-refractivity contribution is -0.145. The quantitative estimate of drug-likeness (QED) is 0.550. The van der Waals surface area contributed by atoms with Crippen molar-refractivity contribution in [2.45, 2.75) is 52.0 Å². The van der Waals surface area contributed by atoms with E-state index in [9.17, 15) is 31.1 Å². The van der Waals surface area contributed by atoms with Gasteiger partial charge in [0, 0.05) is 12.8 Å². The van der Waals surface area contributed by atoms with E-state index in [1.807, 2.05) is 13.8 Å². The molecule has 0 saturated carbocycles. The van der Waals surface area contributed by atoms with Gasteiger partial charge in [-0.05, 0) is 62.0 Å². The predicted molar refractivity (Wildman–Crippen MR) is 117 cm³/mol. The van der Waals surface area contributed by atoms with Crippen LogP contribution in [0.4, 0.5) is 26.3 Å². The van der Waals surface area contributed by atoms with E-state index in [-0.39, 0.29) is 30.0 Å². The number of halogens is 6. The largest absolute Gasteiger partial charge is 0.416 e. The zero-order chi connectivity index (χ0) is 25.1. The monoisotopic (exact) mass is 490 g/mol. The fraction of sp³-hybridized carbons (Fsp3) is 0.609. The summed E-state index contributed by atoms with van der Waals surface area (Å²) in [5.74, 6) is 0.208. The molecular formula is C23H28F6N4O. The van der Waals surface area contributed by atoms with Crippen molar-refractivity contribution in [2.75, 3.05) is 26.2 Å². The fourth-order valence-electron chi connectivity index (χ4n) is 4.65. The predicted octanol–water partition coefficient (Wildman–Crippen LogP) is 4.95. The molecule has 1 saturated heterocycles. The van der Waals surface area contributed by atoms with Crippen molar-refractivity contribution in [3.05, 3.63) is 34.9 Å². The summed E-state index contributed by atoms with van der Waals surface area (Å²) < 4.78 is 80.2. The number of hydrogen-bond acceptors (Lipinski definition) is 4. The molecule has 188 valence electrons. The smallest absolute Gasteiger partial charge is 0.330 e. The van der Waals surface area contributed by atoms with E-state index >= 15 is 0 Å². The van der Waals surface area contributed by atoms with Gasteiger partial charge in [0.05, 0.1) is 29.6 Å². The molecule has 0 atom stereocenters. The van der Waals surface area contributed by atoms with Crippen molar-refractivity contribution >= 4 is 18.0 Å².